The van der Waals surface area contributed by atoms with E-state index in [1.54, 1.807) is 6.07 Å². The Hall–Kier alpha value is -2.01. The first-order chi connectivity index (χ1) is 9.90. The first kappa shape index (κ1) is 13.9. The lowest BCUT2D eigenvalue weighted by Gasteiger charge is -2.24. The maximum absolute atomic E-state index is 11.5. The molecule has 2 heterocycles. The molecular weight excluding hydrogens is 286 g/mol. The summed E-state index contributed by atoms with van der Waals surface area (Å²) in [6, 6.07) is 3.94. The Morgan fingerprint density at radius 1 is 1.14 bits per heavy atom. The Morgan fingerprint density at radius 3 is 2.48 bits per heavy atom. The Labute approximate surface area is 125 Å². The van der Waals surface area contributed by atoms with Gasteiger partial charge < -0.3 is 5.11 Å². The quantitative estimate of drug-likeness (QED) is 0.867. The van der Waals surface area contributed by atoms with Crippen LogP contribution in [0.15, 0.2) is 32.8 Å². The van der Waals surface area contributed by atoms with E-state index in [4.69, 9.17) is 0 Å². The van der Waals surface area contributed by atoms with Gasteiger partial charge >= 0.3 is 0 Å². The molecule has 1 aromatic carbocycles. The minimum Gasteiger partial charge on any atom is -0.503 e. The number of thiophene rings is 1. The molecule has 2 atom stereocenters. The van der Waals surface area contributed by atoms with Crippen LogP contribution in [-0.2, 0) is 0 Å². The number of rotatable bonds is 2. The summed E-state index contributed by atoms with van der Waals surface area (Å²) in [5.41, 5.74) is 0.935. The zero-order chi connectivity index (χ0) is 15.3. The third kappa shape index (κ3) is 2.08. The second-order valence-electron chi connectivity index (χ2n) is 5.45. The van der Waals surface area contributed by atoms with Gasteiger partial charge in [0.2, 0.25) is 5.43 Å². The van der Waals surface area contributed by atoms with Crippen LogP contribution in [0.5, 0.6) is 5.75 Å². The molecule has 3 rings (SSSR count). The summed E-state index contributed by atoms with van der Waals surface area (Å²) < 4.78 is 0. The summed E-state index contributed by atoms with van der Waals surface area (Å²) in [6.07, 6.45) is 2.06. The fourth-order valence-corrected chi connectivity index (χ4v) is 3.78. The second-order valence-corrected chi connectivity index (χ2v) is 6.53. The van der Waals surface area contributed by atoms with Gasteiger partial charge in [0.25, 0.3) is 5.43 Å². The first-order valence-corrected chi connectivity index (χ1v) is 7.60. The molecule has 2 aromatic rings. The molecule has 108 valence electrons. The zero-order valence-electron chi connectivity index (χ0n) is 12.0. The molecule has 0 saturated carbocycles. The molecule has 1 aliphatic heterocycles. The summed E-state index contributed by atoms with van der Waals surface area (Å²) in [7, 11) is 0. The van der Waals surface area contributed by atoms with Crippen LogP contribution in [0.4, 0.5) is 0 Å². The molecule has 2 unspecified atom stereocenters. The van der Waals surface area contributed by atoms with Crippen molar-refractivity contribution in [1.82, 2.24) is 0 Å². The van der Waals surface area contributed by atoms with Crippen LogP contribution in [0, 0.1) is 5.92 Å². The third-order valence-corrected chi connectivity index (χ3v) is 5.16. The standard InChI is InChI=1S/C16H15NO3S/c1-7-6-10(8(2)9(3)17-7)11-4-5-12(21-11)13-14(18)16(20)15(13)19/h4-6,8-9,18H,1-3H3. The molecule has 0 fully saturated rings. The highest BCUT2D eigenvalue weighted by Gasteiger charge is 2.26. The highest BCUT2D eigenvalue weighted by Crippen LogP contribution is 2.38. The number of hydrogen-bond donors (Lipinski definition) is 1. The van der Waals surface area contributed by atoms with Gasteiger partial charge in [0.1, 0.15) is 0 Å². The molecule has 0 aliphatic carbocycles. The smallest absolute Gasteiger partial charge is 0.268 e. The maximum Gasteiger partial charge on any atom is 0.268 e. The Morgan fingerprint density at radius 2 is 1.81 bits per heavy atom. The van der Waals surface area contributed by atoms with E-state index in [0.29, 0.717) is 10.8 Å². The van der Waals surface area contributed by atoms with Gasteiger partial charge in [-0.2, -0.15) is 0 Å². The summed E-state index contributed by atoms with van der Waals surface area (Å²) in [5, 5.41) is 9.54. The van der Waals surface area contributed by atoms with E-state index in [9.17, 15) is 14.7 Å². The van der Waals surface area contributed by atoms with Crippen LogP contribution < -0.4 is 10.9 Å². The average Bonchev–Trinajstić information content (AvgIpc) is 2.91. The Kier molecular flexibility index (Phi) is 3.17. The molecule has 0 amide bonds. The van der Waals surface area contributed by atoms with Crippen molar-refractivity contribution in [3.05, 3.63) is 43.5 Å². The molecule has 1 aliphatic rings. The number of aliphatic imine (C=N–C) groups is 1. The van der Waals surface area contributed by atoms with E-state index in [1.807, 2.05) is 13.0 Å². The van der Waals surface area contributed by atoms with Crippen molar-refractivity contribution in [1.29, 1.82) is 0 Å². The fraction of sp³-hybridized carbons (Fsp3) is 0.312. The maximum atomic E-state index is 11.5. The molecule has 0 spiro atoms. The minimum atomic E-state index is -0.790. The predicted octanol–water partition coefficient (Wildman–Crippen LogP) is 2.60. The van der Waals surface area contributed by atoms with Gasteiger partial charge in [0.15, 0.2) is 5.75 Å². The van der Waals surface area contributed by atoms with Gasteiger partial charge in [0, 0.05) is 21.4 Å². The van der Waals surface area contributed by atoms with Crippen LogP contribution in [0.2, 0.25) is 0 Å². The highest BCUT2D eigenvalue weighted by molar-refractivity contribution is 7.16. The fourth-order valence-electron chi connectivity index (χ4n) is 2.62. The van der Waals surface area contributed by atoms with Gasteiger partial charge in [-0.05, 0) is 37.6 Å². The lowest BCUT2D eigenvalue weighted by Crippen LogP contribution is -2.31. The second kappa shape index (κ2) is 4.77. The molecule has 5 heteroatoms. The van der Waals surface area contributed by atoms with E-state index < -0.39 is 16.6 Å². The molecule has 4 nitrogen and oxygen atoms in total. The topological polar surface area (TPSA) is 66.7 Å². The SMILES string of the molecule is CC1=NC(C)C(C)C(c2ccc(-c3c(O)c(=O)c3=O)s2)=C1. The van der Waals surface area contributed by atoms with E-state index >= 15 is 0 Å². The van der Waals surface area contributed by atoms with Gasteiger partial charge in [-0.1, -0.05) is 6.92 Å². The van der Waals surface area contributed by atoms with Crippen LogP contribution in [0.3, 0.4) is 0 Å². The number of allylic oxidation sites excluding steroid dienone is 1. The molecule has 0 bridgehead atoms. The number of dihydropyridines is 1. The van der Waals surface area contributed by atoms with Crippen molar-refractivity contribution in [2.45, 2.75) is 26.8 Å². The largest absolute Gasteiger partial charge is 0.503 e. The molecule has 1 aromatic heterocycles. The Bertz CT molecular complexity index is 849. The number of hydrogen-bond acceptors (Lipinski definition) is 5. The van der Waals surface area contributed by atoms with Crippen molar-refractivity contribution < 1.29 is 5.11 Å². The minimum absolute atomic E-state index is 0.152. The van der Waals surface area contributed by atoms with Crippen LogP contribution >= 0.6 is 11.3 Å². The molecular formula is C16H15NO3S. The van der Waals surface area contributed by atoms with E-state index in [1.165, 1.54) is 16.9 Å². The van der Waals surface area contributed by atoms with Gasteiger partial charge in [-0.3, -0.25) is 14.6 Å². The highest BCUT2D eigenvalue weighted by atomic mass is 32.1. The van der Waals surface area contributed by atoms with Crippen LogP contribution in [0.1, 0.15) is 25.6 Å². The number of aromatic hydroxyl groups is 1. The van der Waals surface area contributed by atoms with Gasteiger partial charge in [-0.25, -0.2) is 0 Å². The third-order valence-electron chi connectivity index (χ3n) is 4.01. The van der Waals surface area contributed by atoms with E-state index in [2.05, 4.69) is 24.9 Å². The predicted molar refractivity (Wildman–Crippen MR) is 86.0 cm³/mol. The number of nitrogens with zero attached hydrogens (tertiary/aromatic N) is 1. The first-order valence-electron chi connectivity index (χ1n) is 6.79. The lowest BCUT2D eigenvalue weighted by atomic mass is 9.90. The molecule has 0 saturated heterocycles. The van der Waals surface area contributed by atoms with Crippen molar-refractivity contribution in [2.24, 2.45) is 10.9 Å². The van der Waals surface area contributed by atoms with Crippen molar-refractivity contribution >= 4 is 22.6 Å². The van der Waals surface area contributed by atoms with E-state index in [0.717, 1.165) is 10.6 Å². The summed E-state index contributed by atoms with van der Waals surface area (Å²) in [6.45, 7) is 6.18. The van der Waals surface area contributed by atoms with Crippen molar-refractivity contribution in [2.75, 3.05) is 0 Å². The summed E-state index contributed by atoms with van der Waals surface area (Å²) in [5.74, 6) is -0.119. The lowest BCUT2D eigenvalue weighted by molar-refractivity contribution is 0.466. The van der Waals surface area contributed by atoms with Crippen LogP contribution in [-0.4, -0.2) is 16.9 Å². The molecule has 0 radical (unpaired) electrons. The summed E-state index contributed by atoms with van der Waals surface area (Å²) in [4.78, 5) is 28.9. The molecule has 21 heavy (non-hydrogen) atoms. The van der Waals surface area contributed by atoms with Gasteiger partial charge in [-0.15, -0.1) is 11.3 Å². The Balaban J connectivity index is 2.02. The van der Waals surface area contributed by atoms with Crippen LogP contribution in [0.25, 0.3) is 16.0 Å². The van der Waals surface area contributed by atoms with Crippen molar-refractivity contribution in [3.63, 3.8) is 0 Å². The molecule has 1 N–H and O–H groups in total. The average molecular weight is 301 g/mol. The normalized spacial score (nSPS) is 22.2. The summed E-state index contributed by atoms with van der Waals surface area (Å²) >= 11 is 1.43. The van der Waals surface area contributed by atoms with E-state index in [-0.39, 0.29) is 11.6 Å². The monoisotopic (exact) mass is 301 g/mol. The van der Waals surface area contributed by atoms with Gasteiger partial charge in [0.05, 0.1) is 11.6 Å². The van der Waals surface area contributed by atoms with Crippen molar-refractivity contribution in [3.8, 4) is 16.2 Å². The zero-order valence-corrected chi connectivity index (χ0v) is 12.8.